The molecule has 6 heteroatoms. The van der Waals surface area contributed by atoms with E-state index < -0.39 is 0 Å². The van der Waals surface area contributed by atoms with Crippen LogP contribution in [0.3, 0.4) is 0 Å². The van der Waals surface area contributed by atoms with E-state index in [0.717, 1.165) is 27.8 Å². The van der Waals surface area contributed by atoms with Crippen LogP contribution in [0.1, 0.15) is 34.9 Å². The van der Waals surface area contributed by atoms with Crippen molar-refractivity contribution >= 4 is 46.2 Å². The second kappa shape index (κ2) is 6.26. The van der Waals surface area contributed by atoms with Crippen molar-refractivity contribution in [2.75, 3.05) is 5.73 Å². The molecule has 1 aromatic carbocycles. The molecule has 0 saturated heterocycles. The molecule has 25 heavy (non-hydrogen) atoms. The van der Waals surface area contributed by atoms with Gasteiger partial charge < -0.3 is 0 Å². The first-order valence-corrected chi connectivity index (χ1v) is 8.19. The summed E-state index contributed by atoms with van der Waals surface area (Å²) < 4.78 is 0. The second-order valence-electron chi connectivity index (χ2n) is 5.74. The Labute approximate surface area is 155 Å². The summed E-state index contributed by atoms with van der Waals surface area (Å²) in [5.74, 6) is 0.255. The number of hydrogen-bond donors (Lipinski definition) is 1. The third-order valence-electron chi connectivity index (χ3n) is 4.31. The van der Waals surface area contributed by atoms with E-state index in [-0.39, 0.29) is 5.82 Å². The van der Waals surface area contributed by atoms with Crippen LogP contribution in [-0.2, 0) is 0 Å². The smallest absolute Gasteiger partial charge is 0.286 e. The summed E-state index contributed by atoms with van der Waals surface area (Å²) in [6.45, 7) is 3.69. The molecule has 0 unspecified atom stereocenters. The van der Waals surface area contributed by atoms with Crippen molar-refractivity contribution in [2.24, 2.45) is 0 Å². The maximum atomic E-state index is 9.56. The number of nitrogen functional groups attached to an aromatic ring is 1. The highest BCUT2D eigenvalue weighted by molar-refractivity contribution is 6.35. The van der Waals surface area contributed by atoms with Gasteiger partial charge in [-0.2, -0.15) is 10.5 Å². The number of H-pyrrole nitrogens is 1. The number of benzene rings is 1. The lowest BCUT2D eigenvalue weighted by molar-refractivity contribution is -0.364. The number of anilines is 1. The van der Waals surface area contributed by atoms with E-state index in [2.05, 4.69) is 17.1 Å². The van der Waals surface area contributed by atoms with Gasteiger partial charge in [-0.05, 0) is 54.3 Å². The zero-order valence-corrected chi connectivity index (χ0v) is 15.0. The molecule has 0 spiro atoms. The first-order valence-electron chi connectivity index (χ1n) is 7.43. The normalized spacial score (nSPS) is 14.4. The zero-order valence-electron chi connectivity index (χ0n) is 13.5. The lowest BCUT2D eigenvalue weighted by atomic mass is 9.95. The molecule has 3 rings (SSSR count). The molecule has 1 aliphatic rings. The first kappa shape index (κ1) is 17.0. The van der Waals surface area contributed by atoms with Crippen LogP contribution in [0, 0.1) is 29.6 Å². The number of nitriles is 2. The fraction of sp³-hybridized carbons (Fsp3) is 0.105. The van der Waals surface area contributed by atoms with Crippen LogP contribution in [0.4, 0.5) is 5.82 Å². The van der Waals surface area contributed by atoms with Gasteiger partial charge in [0.2, 0.25) is 0 Å². The monoisotopic (exact) mass is 367 g/mol. The van der Waals surface area contributed by atoms with Gasteiger partial charge >= 0.3 is 0 Å². The van der Waals surface area contributed by atoms with Crippen molar-refractivity contribution in [1.29, 1.82) is 10.5 Å². The summed E-state index contributed by atoms with van der Waals surface area (Å²) in [5, 5.41) is 20.0. The molecule has 0 saturated carbocycles. The molecule has 0 fully saturated rings. The standard InChI is InChI=1S/C19H12Cl2N4/c1-9-13(5-11-3-4-12(20)6-16(11)21)17-10(2)15(8-23)19(24)25-18(17)14(9)7-22/h3-6H,1-2H3,(H2,24,25)/p+1. The molecule has 0 radical (unpaired) electrons. The molecule has 1 aliphatic carbocycles. The van der Waals surface area contributed by atoms with E-state index in [9.17, 15) is 10.5 Å². The van der Waals surface area contributed by atoms with Gasteiger partial charge in [0.05, 0.1) is 0 Å². The Kier molecular flexibility index (Phi) is 4.27. The van der Waals surface area contributed by atoms with E-state index in [1.165, 1.54) is 0 Å². The van der Waals surface area contributed by atoms with Gasteiger partial charge in [0.25, 0.3) is 5.82 Å². The number of pyridine rings is 1. The summed E-state index contributed by atoms with van der Waals surface area (Å²) in [5.41, 5.74) is 11.4. The van der Waals surface area contributed by atoms with Crippen LogP contribution in [-0.4, -0.2) is 0 Å². The highest BCUT2D eigenvalue weighted by Crippen LogP contribution is 2.43. The lowest BCUT2D eigenvalue weighted by Crippen LogP contribution is -2.20. The molecule has 0 aliphatic heterocycles. The molecular formula is C19H13Cl2N4+. The predicted molar refractivity (Wildman–Crippen MR) is 99.4 cm³/mol. The number of hydrogen-bond acceptors (Lipinski definition) is 3. The van der Waals surface area contributed by atoms with Crippen molar-refractivity contribution in [3.8, 4) is 12.1 Å². The Morgan fingerprint density at radius 1 is 1.16 bits per heavy atom. The summed E-state index contributed by atoms with van der Waals surface area (Å²) >= 11 is 12.2. The number of nitrogens with two attached hydrogens (primary N) is 1. The van der Waals surface area contributed by atoms with Crippen LogP contribution in [0.2, 0.25) is 10.0 Å². The van der Waals surface area contributed by atoms with Crippen molar-refractivity contribution < 1.29 is 4.98 Å². The number of allylic oxidation sites excluding steroid dienone is 3. The number of aromatic amines is 1. The summed E-state index contributed by atoms with van der Waals surface area (Å²) in [4.78, 5) is 3.00. The van der Waals surface area contributed by atoms with Crippen molar-refractivity contribution in [3.63, 3.8) is 0 Å². The number of halogens is 2. The van der Waals surface area contributed by atoms with Crippen LogP contribution in [0.25, 0.3) is 17.2 Å². The summed E-state index contributed by atoms with van der Waals surface area (Å²) in [7, 11) is 0. The Bertz CT molecular complexity index is 1070. The minimum absolute atomic E-state index is 0.255. The van der Waals surface area contributed by atoms with Gasteiger partial charge in [-0.3, -0.25) is 5.73 Å². The first-order chi connectivity index (χ1) is 11.9. The van der Waals surface area contributed by atoms with Crippen molar-refractivity contribution in [2.45, 2.75) is 13.8 Å². The highest BCUT2D eigenvalue weighted by Gasteiger charge is 2.32. The Morgan fingerprint density at radius 2 is 1.88 bits per heavy atom. The highest BCUT2D eigenvalue weighted by atomic mass is 35.5. The third-order valence-corrected chi connectivity index (χ3v) is 4.88. The predicted octanol–water partition coefficient (Wildman–Crippen LogP) is 4.42. The summed E-state index contributed by atoms with van der Waals surface area (Å²) in [6, 6.07) is 9.57. The maximum Gasteiger partial charge on any atom is 0.289 e. The molecule has 0 amide bonds. The van der Waals surface area contributed by atoms with Crippen LogP contribution in [0.5, 0.6) is 0 Å². The Morgan fingerprint density at radius 3 is 2.48 bits per heavy atom. The van der Waals surface area contributed by atoms with E-state index >= 15 is 0 Å². The molecule has 1 aromatic heterocycles. The van der Waals surface area contributed by atoms with Gasteiger partial charge in [0, 0.05) is 15.6 Å². The quantitative estimate of drug-likeness (QED) is 0.808. The summed E-state index contributed by atoms with van der Waals surface area (Å²) in [6.07, 6.45) is 1.90. The van der Waals surface area contributed by atoms with E-state index in [1.807, 2.05) is 26.0 Å². The average molecular weight is 368 g/mol. The fourth-order valence-corrected chi connectivity index (χ4v) is 3.51. The van der Waals surface area contributed by atoms with E-state index in [4.69, 9.17) is 28.9 Å². The van der Waals surface area contributed by atoms with E-state index in [0.29, 0.717) is 26.9 Å². The van der Waals surface area contributed by atoms with Crippen LogP contribution < -0.4 is 10.7 Å². The van der Waals surface area contributed by atoms with Crippen LogP contribution in [0.15, 0.2) is 23.8 Å². The largest absolute Gasteiger partial charge is 0.289 e. The number of aromatic nitrogens is 1. The minimum atomic E-state index is 0.255. The maximum absolute atomic E-state index is 9.56. The molecule has 0 atom stereocenters. The van der Waals surface area contributed by atoms with Crippen molar-refractivity contribution in [1.82, 2.24) is 0 Å². The minimum Gasteiger partial charge on any atom is -0.286 e. The third kappa shape index (κ3) is 2.66. The number of rotatable bonds is 1. The molecule has 2 aromatic rings. The SMILES string of the molecule is CC1=C(C#N)c2[nH+]c(N)c(C#N)c(C)c2C1=Cc1ccc(Cl)cc1Cl. The van der Waals surface area contributed by atoms with Crippen LogP contribution >= 0.6 is 23.2 Å². The lowest BCUT2D eigenvalue weighted by Gasteiger charge is -2.09. The molecule has 1 heterocycles. The Balaban J connectivity index is 2.34. The van der Waals surface area contributed by atoms with Gasteiger partial charge in [0.15, 0.2) is 5.69 Å². The van der Waals surface area contributed by atoms with E-state index in [1.54, 1.807) is 12.1 Å². The second-order valence-corrected chi connectivity index (χ2v) is 6.58. The molecule has 3 N–H and O–H groups in total. The number of fused-ring (bicyclic) bond motifs is 1. The number of nitrogens with zero attached hydrogens (tertiary/aromatic N) is 2. The molecule has 122 valence electrons. The number of nitrogens with one attached hydrogen (secondary N) is 1. The fourth-order valence-electron chi connectivity index (χ4n) is 3.05. The van der Waals surface area contributed by atoms with Crippen molar-refractivity contribution in [3.05, 3.63) is 61.8 Å². The topological polar surface area (TPSA) is 87.7 Å². The van der Waals surface area contributed by atoms with Gasteiger partial charge in [0.1, 0.15) is 23.3 Å². The van der Waals surface area contributed by atoms with Gasteiger partial charge in [-0.15, -0.1) is 0 Å². The van der Waals surface area contributed by atoms with Gasteiger partial charge in [-0.25, -0.2) is 4.98 Å². The Hall–Kier alpha value is -2.79. The zero-order chi connectivity index (χ0) is 18.3. The average Bonchev–Trinajstić information content (AvgIpc) is 2.82. The molecule has 0 bridgehead atoms. The van der Waals surface area contributed by atoms with Gasteiger partial charge in [-0.1, -0.05) is 29.3 Å². The molecular weight excluding hydrogens is 355 g/mol. The molecule has 4 nitrogen and oxygen atoms in total.